The smallest absolute Gasteiger partial charge is 0.146 e. The van der Waals surface area contributed by atoms with E-state index in [1.807, 2.05) is 0 Å². The third-order valence-electron chi connectivity index (χ3n) is 3.38. The molecule has 0 saturated carbocycles. The minimum Gasteiger partial charge on any atom is -0.317 e. The lowest BCUT2D eigenvalue weighted by molar-refractivity contribution is 0.190. The van der Waals surface area contributed by atoms with E-state index in [2.05, 4.69) is 17.3 Å². The molecule has 18 heavy (non-hydrogen) atoms. The van der Waals surface area contributed by atoms with Gasteiger partial charge in [-0.3, -0.25) is 4.90 Å². The largest absolute Gasteiger partial charge is 0.317 e. The molecule has 0 atom stereocenters. The Morgan fingerprint density at radius 1 is 1.39 bits per heavy atom. The molecule has 1 saturated heterocycles. The topological polar surface area (TPSA) is 15.3 Å². The maximum absolute atomic E-state index is 13.8. The molecule has 102 valence electrons. The minimum absolute atomic E-state index is 0. The van der Waals surface area contributed by atoms with Gasteiger partial charge in [0.15, 0.2) is 0 Å². The Kier molecular flexibility index (Phi) is 6.36. The molecule has 1 fully saturated rings. The van der Waals surface area contributed by atoms with Gasteiger partial charge in [-0.1, -0.05) is 23.7 Å². The first-order valence-electron chi connectivity index (χ1n) is 6.02. The molecule has 0 bridgehead atoms. The summed E-state index contributed by atoms with van der Waals surface area (Å²) in [5.74, 6) is -0.282. The van der Waals surface area contributed by atoms with Crippen LogP contribution in [0.1, 0.15) is 18.4 Å². The van der Waals surface area contributed by atoms with Crippen LogP contribution < -0.4 is 5.32 Å². The van der Waals surface area contributed by atoms with Crippen LogP contribution in [0.4, 0.5) is 4.39 Å². The monoisotopic (exact) mass is 292 g/mol. The van der Waals surface area contributed by atoms with Crippen LogP contribution in [0.2, 0.25) is 5.02 Å². The van der Waals surface area contributed by atoms with Gasteiger partial charge in [-0.25, -0.2) is 4.39 Å². The lowest BCUT2D eigenvalue weighted by Gasteiger charge is -2.31. The van der Waals surface area contributed by atoms with Crippen LogP contribution in [-0.2, 0) is 6.54 Å². The normalized spacial score (nSPS) is 16.7. The van der Waals surface area contributed by atoms with Gasteiger partial charge < -0.3 is 5.32 Å². The van der Waals surface area contributed by atoms with Gasteiger partial charge in [0.1, 0.15) is 5.82 Å². The minimum atomic E-state index is -0.282. The standard InChI is InChI=1S/C13H18ClFN2.ClH/c1-17(11-5-7-16-8-6-11)9-10-3-2-4-12(14)13(10)15;/h2-4,11,16H,5-9H2,1H3;1H. The average molecular weight is 293 g/mol. The molecule has 0 unspecified atom stereocenters. The van der Waals surface area contributed by atoms with E-state index in [1.54, 1.807) is 18.2 Å². The molecule has 1 aromatic carbocycles. The number of hydrogen-bond acceptors (Lipinski definition) is 2. The maximum Gasteiger partial charge on any atom is 0.146 e. The molecule has 2 nitrogen and oxygen atoms in total. The zero-order valence-electron chi connectivity index (χ0n) is 10.5. The van der Waals surface area contributed by atoms with Crippen LogP contribution in [0.25, 0.3) is 0 Å². The molecule has 0 spiro atoms. The third-order valence-corrected chi connectivity index (χ3v) is 3.68. The van der Waals surface area contributed by atoms with Gasteiger partial charge in [-0.15, -0.1) is 12.4 Å². The second kappa shape index (κ2) is 7.29. The quantitative estimate of drug-likeness (QED) is 0.921. The molecule has 0 radical (unpaired) electrons. The summed E-state index contributed by atoms with van der Waals surface area (Å²) in [7, 11) is 2.05. The summed E-state index contributed by atoms with van der Waals surface area (Å²) >= 11 is 5.78. The van der Waals surface area contributed by atoms with Crippen LogP contribution in [0.3, 0.4) is 0 Å². The van der Waals surface area contributed by atoms with Crippen molar-refractivity contribution in [3.8, 4) is 0 Å². The highest BCUT2D eigenvalue weighted by molar-refractivity contribution is 6.30. The third kappa shape index (κ3) is 3.82. The fourth-order valence-corrected chi connectivity index (χ4v) is 2.51. The fourth-order valence-electron chi connectivity index (χ4n) is 2.32. The lowest BCUT2D eigenvalue weighted by atomic mass is 10.0. The second-order valence-electron chi connectivity index (χ2n) is 4.61. The van der Waals surface area contributed by atoms with E-state index in [0.717, 1.165) is 25.9 Å². The Labute approximate surface area is 119 Å². The SMILES string of the molecule is CN(Cc1cccc(Cl)c1F)C1CCNCC1.Cl. The van der Waals surface area contributed by atoms with Gasteiger partial charge in [0, 0.05) is 18.2 Å². The molecule has 1 heterocycles. The molecule has 1 aliphatic rings. The summed E-state index contributed by atoms with van der Waals surface area (Å²) in [5.41, 5.74) is 0.679. The Morgan fingerprint density at radius 2 is 2.06 bits per heavy atom. The molecule has 1 N–H and O–H groups in total. The highest BCUT2D eigenvalue weighted by Gasteiger charge is 2.19. The van der Waals surface area contributed by atoms with Gasteiger partial charge in [-0.2, -0.15) is 0 Å². The van der Waals surface area contributed by atoms with E-state index in [-0.39, 0.29) is 23.2 Å². The van der Waals surface area contributed by atoms with Crippen molar-refractivity contribution in [3.63, 3.8) is 0 Å². The molecular formula is C13H19Cl2FN2. The number of benzene rings is 1. The summed E-state index contributed by atoms with van der Waals surface area (Å²) in [6.45, 7) is 2.72. The number of rotatable bonds is 3. The van der Waals surface area contributed by atoms with Gasteiger partial charge in [0.05, 0.1) is 5.02 Å². The van der Waals surface area contributed by atoms with Gasteiger partial charge in [-0.05, 0) is 39.0 Å². The molecule has 0 aliphatic carbocycles. The van der Waals surface area contributed by atoms with Crippen molar-refractivity contribution in [2.45, 2.75) is 25.4 Å². The number of hydrogen-bond donors (Lipinski definition) is 1. The van der Waals surface area contributed by atoms with E-state index in [0.29, 0.717) is 18.2 Å². The molecule has 2 rings (SSSR count). The first-order chi connectivity index (χ1) is 8.18. The van der Waals surface area contributed by atoms with E-state index in [9.17, 15) is 4.39 Å². The summed E-state index contributed by atoms with van der Waals surface area (Å²) in [6, 6.07) is 5.73. The molecule has 0 aromatic heterocycles. The molecule has 0 amide bonds. The fraction of sp³-hybridized carbons (Fsp3) is 0.538. The molecule has 5 heteroatoms. The highest BCUT2D eigenvalue weighted by atomic mass is 35.5. The first-order valence-corrected chi connectivity index (χ1v) is 6.40. The van der Waals surface area contributed by atoms with E-state index in [4.69, 9.17) is 11.6 Å². The number of piperidine rings is 1. The van der Waals surface area contributed by atoms with Crippen molar-refractivity contribution in [2.24, 2.45) is 0 Å². The van der Waals surface area contributed by atoms with Crippen LogP contribution in [0, 0.1) is 5.82 Å². The average Bonchev–Trinajstić information content (AvgIpc) is 2.36. The van der Waals surface area contributed by atoms with Gasteiger partial charge >= 0.3 is 0 Å². The summed E-state index contributed by atoms with van der Waals surface area (Å²) < 4.78 is 13.8. The van der Waals surface area contributed by atoms with E-state index >= 15 is 0 Å². The molecular weight excluding hydrogens is 274 g/mol. The predicted molar refractivity (Wildman–Crippen MR) is 76.0 cm³/mol. The van der Waals surface area contributed by atoms with Gasteiger partial charge in [0.2, 0.25) is 0 Å². The molecule has 1 aromatic rings. The highest BCUT2D eigenvalue weighted by Crippen LogP contribution is 2.20. The zero-order valence-corrected chi connectivity index (χ0v) is 12.0. The van der Waals surface area contributed by atoms with Crippen molar-refractivity contribution < 1.29 is 4.39 Å². The van der Waals surface area contributed by atoms with Crippen LogP contribution >= 0.6 is 24.0 Å². The van der Waals surface area contributed by atoms with Gasteiger partial charge in [0.25, 0.3) is 0 Å². The zero-order chi connectivity index (χ0) is 12.3. The summed E-state index contributed by atoms with van der Waals surface area (Å²) in [5, 5.41) is 3.54. The Balaban J connectivity index is 0.00000162. The second-order valence-corrected chi connectivity index (χ2v) is 5.02. The summed E-state index contributed by atoms with van der Waals surface area (Å²) in [4.78, 5) is 2.22. The van der Waals surface area contributed by atoms with Crippen LogP contribution in [0.5, 0.6) is 0 Å². The van der Waals surface area contributed by atoms with Crippen LogP contribution in [0.15, 0.2) is 18.2 Å². The van der Waals surface area contributed by atoms with Crippen molar-refractivity contribution in [1.82, 2.24) is 10.2 Å². The predicted octanol–water partition coefficient (Wildman–Crippen LogP) is 3.08. The molecule has 1 aliphatic heterocycles. The Hall–Kier alpha value is -0.350. The van der Waals surface area contributed by atoms with Crippen molar-refractivity contribution >= 4 is 24.0 Å². The Morgan fingerprint density at radius 3 is 2.72 bits per heavy atom. The number of nitrogens with one attached hydrogen (secondary N) is 1. The van der Waals surface area contributed by atoms with E-state index < -0.39 is 0 Å². The van der Waals surface area contributed by atoms with Crippen molar-refractivity contribution in [1.29, 1.82) is 0 Å². The Bertz CT molecular complexity index is 381. The van der Waals surface area contributed by atoms with Crippen LogP contribution in [-0.4, -0.2) is 31.1 Å². The van der Waals surface area contributed by atoms with E-state index in [1.165, 1.54) is 0 Å². The maximum atomic E-state index is 13.8. The summed E-state index contributed by atoms with van der Waals surface area (Å²) in [6.07, 6.45) is 2.25. The number of nitrogens with zero attached hydrogens (tertiary/aromatic N) is 1. The number of halogens is 3. The first kappa shape index (κ1) is 15.7. The van der Waals surface area contributed by atoms with Crippen molar-refractivity contribution in [3.05, 3.63) is 34.6 Å². The van der Waals surface area contributed by atoms with Crippen molar-refractivity contribution in [2.75, 3.05) is 20.1 Å². The lowest BCUT2D eigenvalue weighted by Crippen LogP contribution is -2.40.